The molecule has 0 unspecified atom stereocenters. The Hall–Kier alpha value is -3.52. The molecule has 2 N–H and O–H groups in total. The Bertz CT molecular complexity index is 949. The standard InChI is InChI=1S/C20H22N6O2/c1-3-4-19(27)23-16-7-5-15(6-8-16)18-9-10-21-20(25-18)24-17-13-22-26(14-17)11-12-28-2/h3-10,13-14H,11-12H2,1-2H3,(H,23,27)(H,21,24,25)/b4-3+. The first-order chi connectivity index (χ1) is 13.7. The summed E-state index contributed by atoms with van der Waals surface area (Å²) < 4.78 is 6.84. The van der Waals surface area contributed by atoms with E-state index in [2.05, 4.69) is 25.7 Å². The number of methoxy groups -OCH3 is 1. The number of carbonyl (C=O) groups is 1. The molecule has 0 bridgehead atoms. The Kier molecular flexibility index (Phi) is 6.48. The van der Waals surface area contributed by atoms with Crippen LogP contribution < -0.4 is 10.6 Å². The van der Waals surface area contributed by atoms with Crippen LogP contribution in [0.5, 0.6) is 0 Å². The summed E-state index contributed by atoms with van der Waals surface area (Å²) in [7, 11) is 1.66. The zero-order valence-corrected chi connectivity index (χ0v) is 15.8. The van der Waals surface area contributed by atoms with Crippen LogP contribution in [0.15, 0.2) is 61.1 Å². The van der Waals surface area contributed by atoms with Crippen LogP contribution in [0.2, 0.25) is 0 Å². The van der Waals surface area contributed by atoms with Gasteiger partial charge in [0.15, 0.2) is 0 Å². The van der Waals surface area contributed by atoms with Gasteiger partial charge in [-0.2, -0.15) is 5.10 Å². The van der Waals surface area contributed by atoms with Crippen molar-refractivity contribution >= 4 is 23.2 Å². The third-order valence-electron chi connectivity index (χ3n) is 3.84. The topological polar surface area (TPSA) is 94.0 Å². The zero-order chi connectivity index (χ0) is 19.8. The summed E-state index contributed by atoms with van der Waals surface area (Å²) in [6.07, 6.45) is 8.46. The van der Waals surface area contributed by atoms with Crippen molar-refractivity contribution < 1.29 is 9.53 Å². The molecule has 8 heteroatoms. The highest BCUT2D eigenvalue weighted by atomic mass is 16.5. The van der Waals surface area contributed by atoms with E-state index in [9.17, 15) is 4.79 Å². The van der Waals surface area contributed by atoms with Gasteiger partial charge >= 0.3 is 0 Å². The zero-order valence-electron chi connectivity index (χ0n) is 15.8. The van der Waals surface area contributed by atoms with Crippen molar-refractivity contribution in [2.75, 3.05) is 24.4 Å². The minimum absolute atomic E-state index is 0.158. The van der Waals surface area contributed by atoms with Gasteiger partial charge in [-0.25, -0.2) is 9.97 Å². The molecule has 8 nitrogen and oxygen atoms in total. The lowest BCUT2D eigenvalue weighted by atomic mass is 10.1. The van der Waals surface area contributed by atoms with Crippen molar-refractivity contribution in [2.45, 2.75) is 13.5 Å². The second-order valence-corrected chi connectivity index (χ2v) is 5.94. The molecule has 0 radical (unpaired) electrons. The van der Waals surface area contributed by atoms with Crippen LogP contribution in [0, 0.1) is 0 Å². The Morgan fingerprint density at radius 1 is 1.21 bits per heavy atom. The predicted molar refractivity (Wildman–Crippen MR) is 108 cm³/mol. The number of hydrogen-bond acceptors (Lipinski definition) is 6. The molecule has 2 aromatic heterocycles. The van der Waals surface area contributed by atoms with Gasteiger partial charge in [-0.1, -0.05) is 18.2 Å². The van der Waals surface area contributed by atoms with E-state index in [4.69, 9.17) is 4.74 Å². The van der Waals surface area contributed by atoms with E-state index in [1.807, 2.05) is 36.5 Å². The second-order valence-electron chi connectivity index (χ2n) is 5.94. The molecule has 144 valence electrons. The van der Waals surface area contributed by atoms with E-state index in [0.717, 1.165) is 22.6 Å². The van der Waals surface area contributed by atoms with E-state index in [1.54, 1.807) is 37.2 Å². The maximum atomic E-state index is 11.6. The number of rotatable bonds is 8. The molecule has 0 saturated heterocycles. The highest BCUT2D eigenvalue weighted by Crippen LogP contribution is 2.21. The van der Waals surface area contributed by atoms with Crippen molar-refractivity contribution in [3.63, 3.8) is 0 Å². The highest BCUT2D eigenvalue weighted by molar-refractivity contribution is 5.99. The van der Waals surface area contributed by atoms with Crippen molar-refractivity contribution in [2.24, 2.45) is 0 Å². The van der Waals surface area contributed by atoms with Crippen molar-refractivity contribution in [3.8, 4) is 11.3 Å². The summed E-state index contributed by atoms with van der Waals surface area (Å²) in [5, 5.41) is 10.2. The first-order valence-corrected chi connectivity index (χ1v) is 8.83. The molecule has 0 aliphatic carbocycles. The van der Waals surface area contributed by atoms with Crippen LogP contribution in [-0.2, 0) is 16.1 Å². The summed E-state index contributed by atoms with van der Waals surface area (Å²) in [6, 6.07) is 9.32. The second kappa shape index (κ2) is 9.43. The molecule has 0 fully saturated rings. The number of nitrogens with zero attached hydrogens (tertiary/aromatic N) is 4. The molecule has 1 aromatic carbocycles. The minimum Gasteiger partial charge on any atom is -0.383 e. The molecule has 0 aliphatic rings. The molecule has 1 amide bonds. The fourth-order valence-corrected chi connectivity index (χ4v) is 2.50. The average molecular weight is 378 g/mol. The smallest absolute Gasteiger partial charge is 0.248 e. The van der Waals surface area contributed by atoms with E-state index < -0.39 is 0 Å². The van der Waals surface area contributed by atoms with Crippen molar-refractivity contribution in [3.05, 3.63) is 61.1 Å². The van der Waals surface area contributed by atoms with Crippen LogP contribution in [-0.4, -0.2) is 39.4 Å². The normalized spacial score (nSPS) is 10.9. The van der Waals surface area contributed by atoms with Gasteiger partial charge in [0.1, 0.15) is 0 Å². The van der Waals surface area contributed by atoms with Crippen LogP contribution in [0.4, 0.5) is 17.3 Å². The lowest BCUT2D eigenvalue weighted by molar-refractivity contribution is -0.111. The van der Waals surface area contributed by atoms with Gasteiger partial charge in [-0.3, -0.25) is 9.48 Å². The number of benzene rings is 1. The highest BCUT2D eigenvalue weighted by Gasteiger charge is 2.05. The Morgan fingerprint density at radius 3 is 2.79 bits per heavy atom. The molecule has 2 heterocycles. The molecule has 0 saturated carbocycles. The predicted octanol–water partition coefficient (Wildman–Crippen LogP) is 3.24. The molecule has 28 heavy (non-hydrogen) atoms. The third-order valence-corrected chi connectivity index (χ3v) is 3.84. The van der Waals surface area contributed by atoms with Gasteiger partial charge in [0.05, 0.1) is 30.7 Å². The Morgan fingerprint density at radius 2 is 2.04 bits per heavy atom. The quantitative estimate of drug-likeness (QED) is 0.585. The van der Waals surface area contributed by atoms with E-state index in [-0.39, 0.29) is 5.91 Å². The summed E-state index contributed by atoms with van der Waals surface area (Å²) in [5.74, 6) is 0.323. The lowest BCUT2D eigenvalue weighted by Crippen LogP contribution is -2.07. The molecule has 0 spiro atoms. The number of allylic oxidation sites excluding steroid dienone is 1. The fraction of sp³-hybridized carbons (Fsp3) is 0.200. The number of aromatic nitrogens is 4. The Labute approximate surface area is 163 Å². The van der Waals surface area contributed by atoms with Crippen LogP contribution in [0.1, 0.15) is 6.92 Å². The summed E-state index contributed by atoms with van der Waals surface area (Å²) in [6.45, 7) is 3.07. The molecule has 3 rings (SSSR count). The van der Waals surface area contributed by atoms with Gasteiger partial charge in [0.25, 0.3) is 0 Å². The maximum absolute atomic E-state index is 11.6. The number of ether oxygens (including phenoxy) is 1. The first-order valence-electron chi connectivity index (χ1n) is 8.83. The van der Waals surface area contributed by atoms with Crippen LogP contribution in [0.25, 0.3) is 11.3 Å². The van der Waals surface area contributed by atoms with E-state index in [1.165, 1.54) is 6.08 Å². The summed E-state index contributed by atoms with van der Waals surface area (Å²) in [4.78, 5) is 20.4. The average Bonchev–Trinajstić information content (AvgIpc) is 3.14. The number of amides is 1. The van der Waals surface area contributed by atoms with Crippen molar-refractivity contribution in [1.29, 1.82) is 0 Å². The first kappa shape index (κ1) is 19.2. The van der Waals surface area contributed by atoms with Crippen LogP contribution in [0.3, 0.4) is 0 Å². The molecule has 3 aromatic rings. The van der Waals surface area contributed by atoms with Crippen molar-refractivity contribution in [1.82, 2.24) is 19.7 Å². The SMILES string of the molecule is C/C=C/C(=O)Nc1ccc(-c2ccnc(Nc3cnn(CCOC)c3)n2)cc1. The van der Waals surface area contributed by atoms with E-state index >= 15 is 0 Å². The fourth-order valence-electron chi connectivity index (χ4n) is 2.50. The minimum atomic E-state index is -0.158. The number of hydrogen-bond donors (Lipinski definition) is 2. The number of nitrogens with one attached hydrogen (secondary N) is 2. The van der Waals surface area contributed by atoms with Gasteiger partial charge in [-0.15, -0.1) is 0 Å². The number of anilines is 3. The molecular weight excluding hydrogens is 356 g/mol. The third kappa shape index (κ3) is 5.24. The van der Waals surface area contributed by atoms with E-state index in [0.29, 0.717) is 19.1 Å². The largest absolute Gasteiger partial charge is 0.383 e. The van der Waals surface area contributed by atoms with Gasteiger partial charge in [0, 0.05) is 30.8 Å². The lowest BCUT2D eigenvalue weighted by Gasteiger charge is -2.06. The molecule has 0 aliphatic heterocycles. The summed E-state index contributed by atoms with van der Waals surface area (Å²) in [5.41, 5.74) is 3.22. The van der Waals surface area contributed by atoms with Gasteiger partial charge < -0.3 is 15.4 Å². The molecule has 0 atom stereocenters. The van der Waals surface area contributed by atoms with Gasteiger partial charge in [-0.05, 0) is 31.2 Å². The Balaban J connectivity index is 1.69. The molecular formula is C20H22N6O2. The maximum Gasteiger partial charge on any atom is 0.248 e. The summed E-state index contributed by atoms with van der Waals surface area (Å²) >= 11 is 0. The number of carbonyl (C=O) groups excluding carboxylic acids is 1. The van der Waals surface area contributed by atoms with Crippen LogP contribution >= 0.6 is 0 Å². The monoisotopic (exact) mass is 378 g/mol. The van der Waals surface area contributed by atoms with Gasteiger partial charge in [0.2, 0.25) is 11.9 Å².